The van der Waals surface area contributed by atoms with E-state index in [2.05, 4.69) is 0 Å². The van der Waals surface area contributed by atoms with Crippen LogP contribution < -0.4 is 4.90 Å². The smallest absolute Gasteiger partial charge is 0.253 e. The van der Waals surface area contributed by atoms with E-state index in [-0.39, 0.29) is 25.2 Å². The second-order valence-corrected chi connectivity index (χ2v) is 4.86. The second-order valence-electron chi connectivity index (χ2n) is 4.05. The monoisotopic (exact) mass is 289 g/mol. The van der Waals surface area contributed by atoms with Gasteiger partial charge in [0.25, 0.3) is 5.91 Å². The quantitative estimate of drug-likeness (QED) is 0.927. The normalized spacial score (nSPS) is 20.3. The molecule has 1 aromatic carbocycles. The zero-order valence-electron chi connectivity index (χ0n) is 9.60. The van der Waals surface area contributed by atoms with Crippen LogP contribution in [0.1, 0.15) is 6.42 Å². The maximum Gasteiger partial charge on any atom is 0.253 e. The number of aliphatic hydroxyl groups is 1. The summed E-state index contributed by atoms with van der Waals surface area (Å²) < 4.78 is 5.33. The van der Waals surface area contributed by atoms with Crippen molar-refractivity contribution in [3.05, 3.63) is 28.2 Å². The molecule has 0 unspecified atom stereocenters. The maximum atomic E-state index is 11.8. The molecular formula is C12H13Cl2NO3. The first-order chi connectivity index (χ1) is 8.61. The van der Waals surface area contributed by atoms with Gasteiger partial charge in [0, 0.05) is 12.3 Å². The van der Waals surface area contributed by atoms with E-state index in [0.29, 0.717) is 28.7 Å². The van der Waals surface area contributed by atoms with E-state index >= 15 is 0 Å². The zero-order chi connectivity index (χ0) is 13.1. The van der Waals surface area contributed by atoms with Gasteiger partial charge < -0.3 is 14.7 Å². The number of halogens is 2. The lowest BCUT2D eigenvalue weighted by atomic mass is 10.2. The molecule has 18 heavy (non-hydrogen) atoms. The number of hydrogen-bond acceptors (Lipinski definition) is 3. The standard InChI is InChI=1S/C12H13Cl2NO3/c13-10-2-1-8(5-11(10)14)15-6-9(3-4-16)18-7-12(15)17/h1-2,5,9,16H,3-4,6-7H2/t9-/m1/s1. The third-order valence-corrected chi connectivity index (χ3v) is 3.53. The lowest BCUT2D eigenvalue weighted by Crippen LogP contribution is -2.47. The highest BCUT2D eigenvalue weighted by molar-refractivity contribution is 6.42. The number of morpholine rings is 1. The van der Waals surface area contributed by atoms with Crippen molar-refractivity contribution in [1.29, 1.82) is 0 Å². The lowest BCUT2D eigenvalue weighted by molar-refractivity contribution is -0.129. The van der Waals surface area contributed by atoms with Gasteiger partial charge in [0.05, 0.1) is 22.7 Å². The molecule has 1 fully saturated rings. The van der Waals surface area contributed by atoms with E-state index in [9.17, 15) is 4.79 Å². The highest BCUT2D eigenvalue weighted by atomic mass is 35.5. The van der Waals surface area contributed by atoms with Gasteiger partial charge in [-0.25, -0.2) is 0 Å². The summed E-state index contributed by atoms with van der Waals surface area (Å²) in [6.07, 6.45) is 0.354. The van der Waals surface area contributed by atoms with Gasteiger partial charge in [-0.05, 0) is 24.6 Å². The highest BCUT2D eigenvalue weighted by Gasteiger charge is 2.27. The van der Waals surface area contributed by atoms with Crippen molar-refractivity contribution in [2.24, 2.45) is 0 Å². The minimum Gasteiger partial charge on any atom is -0.396 e. The molecule has 0 radical (unpaired) electrons. The van der Waals surface area contributed by atoms with E-state index in [1.54, 1.807) is 23.1 Å². The molecule has 1 aliphatic heterocycles. The topological polar surface area (TPSA) is 49.8 Å². The summed E-state index contributed by atoms with van der Waals surface area (Å²) in [6.45, 7) is 0.469. The van der Waals surface area contributed by atoms with Crippen LogP contribution in [0.2, 0.25) is 10.0 Å². The van der Waals surface area contributed by atoms with Crippen molar-refractivity contribution in [2.45, 2.75) is 12.5 Å². The third-order valence-electron chi connectivity index (χ3n) is 2.80. The van der Waals surface area contributed by atoms with Gasteiger partial charge in [-0.3, -0.25) is 4.79 Å². The van der Waals surface area contributed by atoms with Gasteiger partial charge in [-0.1, -0.05) is 23.2 Å². The van der Waals surface area contributed by atoms with Gasteiger partial charge in [0.2, 0.25) is 0 Å². The fourth-order valence-electron chi connectivity index (χ4n) is 1.85. The van der Waals surface area contributed by atoms with Crippen molar-refractivity contribution in [3.8, 4) is 0 Å². The van der Waals surface area contributed by atoms with Gasteiger partial charge >= 0.3 is 0 Å². The van der Waals surface area contributed by atoms with Crippen LogP contribution in [0.3, 0.4) is 0 Å². The second kappa shape index (κ2) is 5.89. The first-order valence-corrected chi connectivity index (χ1v) is 6.35. The average molecular weight is 290 g/mol. The SMILES string of the molecule is O=C1CO[C@H](CCO)CN1c1ccc(Cl)c(Cl)c1. The molecule has 1 aliphatic rings. The van der Waals surface area contributed by atoms with E-state index in [1.165, 1.54) is 0 Å². The summed E-state index contributed by atoms with van der Waals surface area (Å²) in [5, 5.41) is 9.76. The van der Waals surface area contributed by atoms with E-state index in [1.807, 2.05) is 0 Å². The first-order valence-electron chi connectivity index (χ1n) is 5.59. The number of anilines is 1. The molecule has 4 nitrogen and oxygen atoms in total. The molecule has 1 atom stereocenters. The average Bonchev–Trinajstić information content (AvgIpc) is 2.35. The number of nitrogens with zero attached hydrogens (tertiary/aromatic N) is 1. The van der Waals surface area contributed by atoms with Crippen LogP contribution in [-0.4, -0.2) is 36.9 Å². The van der Waals surface area contributed by atoms with E-state index in [0.717, 1.165) is 0 Å². The Morgan fingerprint density at radius 1 is 1.39 bits per heavy atom. The summed E-state index contributed by atoms with van der Waals surface area (Å²) in [6, 6.07) is 5.06. The Kier molecular flexibility index (Phi) is 4.45. The molecule has 1 saturated heterocycles. The Morgan fingerprint density at radius 3 is 2.83 bits per heavy atom. The lowest BCUT2D eigenvalue weighted by Gasteiger charge is -2.32. The minimum atomic E-state index is -0.151. The largest absolute Gasteiger partial charge is 0.396 e. The number of carbonyl (C=O) groups excluding carboxylic acids is 1. The molecule has 0 bridgehead atoms. The molecule has 98 valence electrons. The van der Waals surface area contributed by atoms with Crippen LogP contribution in [-0.2, 0) is 9.53 Å². The number of hydrogen-bond donors (Lipinski definition) is 1. The van der Waals surface area contributed by atoms with Crippen molar-refractivity contribution >= 4 is 34.8 Å². The summed E-state index contributed by atoms with van der Waals surface area (Å²) in [7, 11) is 0. The van der Waals surface area contributed by atoms with Crippen LogP contribution in [0, 0.1) is 0 Å². The molecule has 0 spiro atoms. The fraction of sp³-hybridized carbons (Fsp3) is 0.417. The number of rotatable bonds is 3. The third kappa shape index (κ3) is 2.95. The summed E-state index contributed by atoms with van der Waals surface area (Å²) >= 11 is 11.8. The number of carbonyl (C=O) groups is 1. The summed E-state index contributed by atoms with van der Waals surface area (Å²) in [5.74, 6) is -0.123. The van der Waals surface area contributed by atoms with E-state index < -0.39 is 0 Å². The number of benzene rings is 1. The molecule has 1 heterocycles. The Hall–Kier alpha value is -0.810. The molecule has 0 saturated carbocycles. The van der Waals surface area contributed by atoms with Crippen molar-refractivity contribution in [1.82, 2.24) is 0 Å². The van der Waals surface area contributed by atoms with Crippen molar-refractivity contribution in [2.75, 3.05) is 24.7 Å². The molecule has 1 N–H and O–H groups in total. The van der Waals surface area contributed by atoms with Crippen molar-refractivity contribution in [3.63, 3.8) is 0 Å². The highest BCUT2D eigenvalue weighted by Crippen LogP contribution is 2.28. The van der Waals surface area contributed by atoms with Gasteiger partial charge in [0.15, 0.2) is 0 Å². The molecular weight excluding hydrogens is 277 g/mol. The molecule has 1 aromatic rings. The molecule has 6 heteroatoms. The summed E-state index contributed by atoms with van der Waals surface area (Å²) in [5.41, 5.74) is 0.695. The molecule has 0 aromatic heterocycles. The molecule has 1 amide bonds. The number of amides is 1. The first kappa shape index (κ1) is 13.6. The van der Waals surface area contributed by atoms with Gasteiger partial charge in [-0.15, -0.1) is 0 Å². The Labute approximate surface area is 115 Å². The Balaban J connectivity index is 2.18. The van der Waals surface area contributed by atoms with Crippen LogP contribution in [0.15, 0.2) is 18.2 Å². The fourth-order valence-corrected chi connectivity index (χ4v) is 2.14. The predicted octanol–water partition coefficient (Wildman–Crippen LogP) is 2.11. The Morgan fingerprint density at radius 2 is 2.17 bits per heavy atom. The van der Waals surface area contributed by atoms with E-state index in [4.69, 9.17) is 33.0 Å². The van der Waals surface area contributed by atoms with Crippen LogP contribution in [0.25, 0.3) is 0 Å². The number of aliphatic hydroxyl groups excluding tert-OH is 1. The van der Waals surface area contributed by atoms with Crippen LogP contribution in [0.5, 0.6) is 0 Å². The van der Waals surface area contributed by atoms with Gasteiger partial charge in [0.1, 0.15) is 6.61 Å². The zero-order valence-corrected chi connectivity index (χ0v) is 11.1. The number of ether oxygens (including phenoxy) is 1. The maximum absolute atomic E-state index is 11.8. The minimum absolute atomic E-state index is 0.0188. The molecule has 2 rings (SSSR count). The predicted molar refractivity (Wildman–Crippen MR) is 70.3 cm³/mol. The molecule has 0 aliphatic carbocycles. The summed E-state index contributed by atoms with van der Waals surface area (Å²) in [4.78, 5) is 13.4. The van der Waals surface area contributed by atoms with Crippen LogP contribution in [0.4, 0.5) is 5.69 Å². The van der Waals surface area contributed by atoms with Crippen LogP contribution >= 0.6 is 23.2 Å². The Bertz CT molecular complexity index is 453. The van der Waals surface area contributed by atoms with Crippen molar-refractivity contribution < 1.29 is 14.6 Å². The van der Waals surface area contributed by atoms with Gasteiger partial charge in [-0.2, -0.15) is 0 Å².